The highest BCUT2D eigenvalue weighted by molar-refractivity contribution is 5.95. The molecule has 2 amide bonds. The van der Waals surface area contributed by atoms with Crippen molar-refractivity contribution in [1.29, 1.82) is 0 Å². The predicted molar refractivity (Wildman–Crippen MR) is 136 cm³/mol. The van der Waals surface area contributed by atoms with Gasteiger partial charge in [0, 0.05) is 31.1 Å². The highest BCUT2D eigenvalue weighted by Gasteiger charge is 2.31. The van der Waals surface area contributed by atoms with E-state index in [-0.39, 0.29) is 36.8 Å². The predicted octanol–water partition coefficient (Wildman–Crippen LogP) is 5.42. The number of alkyl halides is 3. The lowest BCUT2D eigenvalue weighted by Crippen LogP contribution is -2.30. The van der Waals surface area contributed by atoms with E-state index in [4.69, 9.17) is 9.26 Å². The number of halogens is 4. The second-order valence-electron chi connectivity index (χ2n) is 9.26. The lowest BCUT2D eigenvalue weighted by atomic mass is 10.1. The fraction of sp³-hybridized carbons (Fsp3) is 0.207. The van der Waals surface area contributed by atoms with Crippen molar-refractivity contribution in [2.75, 3.05) is 6.61 Å². The first-order valence-corrected chi connectivity index (χ1v) is 12.5. The molecule has 0 aliphatic carbocycles. The molecular formula is C29H23F4N3O5. The average Bonchev–Trinajstić information content (AvgIpc) is 3.61. The fourth-order valence-corrected chi connectivity index (χ4v) is 4.26. The van der Waals surface area contributed by atoms with E-state index >= 15 is 0 Å². The highest BCUT2D eigenvalue weighted by Crippen LogP contribution is 2.28. The van der Waals surface area contributed by atoms with E-state index in [2.05, 4.69) is 15.2 Å². The van der Waals surface area contributed by atoms with Gasteiger partial charge in [-0.2, -0.15) is 0 Å². The Balaban J connectivity index is 1.31. The zero-order valence-corrected chi connectivity index (χ0v) is 21.4. The normalized spacial score (nSPS) is 12.4. The smallest absolute Gasteiger partial charge is 0.493 e. The number of benzene rings is 3. The van der Waals surface area contributed by atoms with Gasteiger partial charge in [-0.25, -0.2) is 4.39 Å². The van der Waals surface area contributed by atoms with Crippen LogP contribution in [-0.4, -0.2) is 34.8 Å². The van der Waals surface area contributed by atoms with E-state index in [1.807, 2.05) is 6.07 Å². The zero-order chi connectivity index (χ0) is 29.0. The van der Waals surface area contributed by atoms with Gasteiger partial charge < -0.3 is 24.2 Å². The first kappa shape index (κ1) is 27.7. The number of hydrogen-bond acceptors (Lipinski definition) is 6. The van der Waals surface area contributed by atoms with Crippen LogP contribution in [0.1, 0.15) is 43.3 Å². The Labute approximate surface area is 231 Å². The Morgan fingerprint density at radius 2 is 1.68 bits per heavy atom. The fourth-order valence-electron chi connectivity index (χ4n) is 4.26. The summed E-state index contributed by atoms with van der Waals surface area (Å²) in [6.45, 7) is 0.582. The molecular weight excluding hydrogens is 546 g/mol. The van der Waals surface area contributed by atoms with Gasteiger partial charge in [0.2, 0.25) is 0 Å². The number of aromatic nitrogens is 1. The van der Waals surface area contributed by atoms with Crippen molar-refractivity contribution in [2.45, 2.75) is 32.4 Å². The van der Waals surface area contributed by atoms with E-state index in [1.54, 1.807) is 24.3 Å². The molecule has 0 spiro atoms. The summed E-state index contributed by atoms with van der Waals surface area (Å²) in [6.07, 6.45) is -4.08. The number of hydrogen-bond donors (Lipinski definition) is 1. The van der Waals surface area contributed by atoms with Gasteiger partial charge in [-0.15, -0.1) is 13.2 Å². The summed E-state index contributed by atoms with van der Waals surface area (Å²) in [5.41, 5.74) is 2.53. The van der Waals surface area contributed by atoms with Gasteiger partial charge in [-0.1, -0.05) is 35.5 Å². The van der Waals surface area contributed by atoms with E-state index in [0.29, 0.717) is 29.0 Å². The van der Waals surface area contributed by atoms with Crippen LogP contribution in [-0.2, 0) is 26.1 Å². The Hall–Kier alpha value is -4.87. The minimum Gasteiger partial charge on any atom is -0.493 e. The van der Waals surface area contributed by atoms with Crippen molar-refractivity contribution in [3.63, 3.8) is 0 Å². The number of nitrogens with one attached hydrogen (secondary N) is 1. The Bertz CT molecular complexity index is 1540. The largest absolute Gasteiger partial charge is 0.573 e. The number of nitrogens with zero attached hydrogens (tertiary/aromatic N) is 2. The lowest BCUT2D eigenvalue weighted by molar-refractivity contribution is -0.274. The number of carbonyl (C=O) groups is 2. The quantitative estimate of drug-likeness (QED) is 0.271. The molecule has 0 unspecified atom stereocenters. The molecule has 1 aromatic heterocycles. The molecule has 4 aromatic rings. The molecule has 0 atom stereocenters. The molecule has 0 saturated carbocycles. The summed E-state index contributed by atoms with van der Waals surface area (Å²) in [5, 5.41) is 6.46. The molecule has 212 valence electrons. The molecule has 0 radical (unpaired) electrons. The molecule has 12 heteroatoms. The molecule has 1 aliphatic rings. The van der Waals surface area contributed by atoms with Crippen LogP contribution >= 0.6 is 0 Å². The van der Waals surface area contributed by atoms with Gasteiger partial charge in [-0.05, 0) is 53.1 Å². The van der Waals surface area contributed by atoms with E-state index in [0.717, 1.165) is 24.1 Å². The summed E-state index contributed by atoms with van der Waals surface area (Å²) in [5.74, 6) is -0.875. The third kappa shape index (κ3) is 7.21. The van der Waals surface area contributed by atoms with Crippen LogP contribution in [0.15, 0.2) is 77.3 Å². The van der Waals surface area contributed by atoms with Crippen LogP contribution in [0.3, 0.4) is 0 Å². The Kier molecular flexibility index (Phi) is 7.90. The molecule has 41 heavy (non-hydrogen) atoms. The standard InChI is InChI=1S/C29H23F4N3O5/c30-22-7-1-18(2-8-22)15-34-27(37)25-14-24(41-35-25)17-36(16-19-3-9-23(10-4-19)40-29(31,32)33)28(38)21-6-5-20-11-12-39-26(20)13-21/h1-10,13-14H,11-12,15-17H2,(H,34,37). The summed E-state index contributed by atoms with van der Waals surface area (Å²) in [7, 11) is 0. The van der Waals surface area contributed by atoms with Crippen molar-refractivity contribution in [1.82, 2.24) is 15.4 Å². The van der Waals surface area contributed by atoms with Crippen molar-refractivity contribution in [2.24, 2.45) is 0 Å². The SMILES string of the molecule is O=C(NCc1ccc(F)cc1)c1cc(CN(Cc2ccc(OC(F)(F)F)cc2)C(=O)c2ccc3c(c2)OCC3)on1. The Morgan fingerprint density at radius 1 is 0.951 bits per heavy atom. The van der Waals surface area contributed by atoms with Crippen LogP contribution in [0.4, 0.5) is 17.6 Å². The minimum atomic E-state index is -4.82. The van der Waals surface area contributed by atoms with Gasteiger partial charge in [0.25, 0.3) is 11.8 Å². The molecule has 0 bridgehead atoms. The van der Waals surface area contributed by atoms with Gasteiger partial charge in [0.15, 0.2) is 11.5 Å². The minimum absolute atomic E-state index is 0.00979. The molecule has 8 nitrogen and oxygen atoms in total. The monoisotopic (exact) mass is 569 g/mol. The van der Waals surface area contributed by atoms with Gasteiger partial charge in [0.1, 0.15) is 17.3 Å². The number of amides is 2. The van der Waals surface area contributed by atoms with Crippen molar-refractivity contribution in [3.8, 4) is 11.5 Å². The van der Waals surface area contributed by atoms with Crippen molar-refractivity contribution >= 4 is 11.8 Å². The summed E-state index contributed by atoms with van der Waals surface area (Å²) >= 11 is 0. The van der Waals surface area contributed by atoms with Crippen molar-refractivity contribution in [3.05, 3.63) is 112 Å². The maximum atomic E-state index is 13.6. The second-order valence-corrected chi connectivity index (χ2v) is 9.26. The zero-order valence-electron chi connectivity index (χ0n) is 21.4. The summed E-state index contributed by atoms with van der Waals surface area (Å²) in [4.78, 5) is 27.6. The van der Waals surface area contributed by atoms with Crippen molar-refractivity contribution < 1.29 is 41.1 Å². The summed E-state index contributed by atoms with van der Waals surface area (Å²) in [6, 6.07) is 17.3. The molecule has 1 aliphatic heterocycles. The Morgan fingerprint density at radius 3 is 2.41 bits per heavy atom. The first-order chi connectivity index (χ1) is 19.6. The van der Waals surface area contributed by atoms with Crippen LogP contribution in [0.25, 0.3) is 0 Å². The molecule has 1 N–H and O–H groups in total. The lowest BCUT2D eigenvalue weighted by Gasteiger charge is -2.22. The van der Waals surface area contributed by atoms with E-state index in [9.17, 15) is 27.2 Å². The van der Waals surface area contributed by atoms with Crippen LogP contribution in [0, 0.1) is 5.82 Å². The molecule has 5 rings (SSSR count). The third-order valence-electron chi connectivity index (χ3n) is 6.27. The highest BCUT2D eigenvalue weighted by atomic mass is 19.4. The number of fused-ring (bicyclic) bond motifs is 1. The van der Waals surface area contributed by atoms with Gasteiger partial charge in [0.05, 0.1) is 13.2 Å². The molecule has 0 fully saturated rings. The van der Waals surface area contributed by atoms with Crippen LogP contribution in [0.2, 0.25) is 0 Å². The maximum Gasteiger partial charge on any atom is 0.573 e. The average molecular weight is 570 g/mol. The van der Waals surface area contributed by atoms with E-state index < -0.39 is 24.0 Å². The van der Waals surface area contributed by atoms with Crippen LogP contribution < -0.4 is 14.8 Å². The third-order valence-corrected chi connectivity index (χ3v) is 6.27. The molecule has 2 heterocycles. The van der Waals surface area contributed by atoms with E-state index in [1.165, 1.54) is 35.2 Å². The number of carbonyl (C=O) groups excluding carboxylic acids is 2. The van der Waals surface area contributed by atoms with Gasteiger partial charge in [-0.3, -0.25) is 9.59 Å². The maximum absolute atomic E-state index is 13.6. The van der Waals surface area contributed by atoms with Gasteiger partial charge >= 0.3 is 6.36 Å². The summed E-state index contributed by atoms with van der Waals surface area (Å²) < 4.78 is 65.6. The van der Waals surface area contributed by atoms with Crippen LogP contribution in [0.5, 0.6) is 11.5 Å². The number of rotatable bonds is 9. The first-order valence-electron chi connectivity index (χ1n) is 12.5. The molecule has 0 saturated heterocycles. The second kappa shape index (κ2) is 11.7. The topological polar surface area (TPSA) is 93.9 Å². The molecule has 3 aromatic carbocycles. The number of ether oxygens (including phenoxy) is 2.